The molecule has 260 valence electrons. The standard InChI is InChI=1S/C40H35N7O3S2/c1-46(29-13-15-36-32(22-29)42-24-51-36)38(49)28(19-26-9-5-3-6-10-26)21-35(48)31-17-18-41-40(44-31)45-34(20-27-11-7-4-8-12-27)39(50)47(2)30-14-16-37-33(23-30)43-25-52-37/h3-18,22-25,28,34H,19-21H2,1-2H3,(H,41,44,45)/t28-,34+/m1/s1. The number of likely N-dealkylation sites (N-methyl/N-ethyl adjacent to an activating group) is 1. The largest absolute Gasteiger partial charge is 0.342 e. The molecule has 0 bridgehead atoms. The molecule has 10 nitrogen and oxygen atoms in total. The molecular formula is C40H35N7O3S2. The summed E-state index contributed by atoms with van der Waals surface area (Å²) in [6, 6.07) is 31.6. The van der Waals surface area contributed by atoms with Crippen LogP contribution in [0.15, 0.2) is 120 Å². The van der Waals surface area contributed by atoms with Gasteiger partial charge in [-0.3, -0.25) is 14.4 Å². The van der Waals surface area contributed by atoms with E-state index in [0.29, 0.717) is 24.2 Å². The van der Waals surface area contributed by atoms with Crippen LogP contribution in [0.3, 0.4) is 0 Å². The maximum absolute atomic E-state index is 14.1. The average molecular weight is 726 g/mol. The summed E-state index contributed by atoms with van der Waals surface area (Å²) in [6.07, 6.45) is 2.16. The van der Waals surface area contributed by atoms with Crippen molar-refractivity contribution in [2.45, 2.75) is 25.3 Å². The van der Waals surface area contributed by atoms with Gasteiger partial charge in [0.15, 0.2) is 5.78 Å². The number of carbonyl (C=O) groups is 3. The summed E-state index contributed by atoms with van der Waals surface area (Å²) >= 11 is 3.08. The van der Waals surface area contributed by atoms with Crippen molar-refractivity contribution in [3.8, 4) is 0 Å². The van der Waals surface area contributed by atoms with Gasteiger partial charge in [-0.1, -0.05) is 60.7 Å². The molecule has 0 aliphatic rings. The molecule has 3 aromatic heterocycles. The van der Waals surface area contributed by atoms with Gasteiger partial charge >= 0.3 is 0 Å². The Labute approximate surface area is 308 Å². The van der Waals surface area contributed by atoms with E-state index in [2.05, 4.69) is 25.3 Å². The fraction of sp³-hybridized carbons (Fsp3) is 0.175. The first-order valence-electron chi connectivity index (χ1n) is 16.7. The fourth-order valence-corrected chi connectivity index (χ4v) is 7.45. The highest BCUT2D eigenvalue weighted by molar-refractivity contribution is 7.17. The second kappa shape index (κ2) is 15.6. The number of hydrogen-bond acceptors (Lipinski definition) is 10. The van der Waals surface area contributed by atoms with Crippen molar-refractivity contribution < 1.29 is 14.4 Å². The zero-order valence-electron chi connectivity index (χ0n) is 28.5. The molecule has 2 atom stereocenters. The third kappa shape index (κ3) is 7.88. The van der Waals surface area contributed by atoms with E-state index in [4.69, 9.17) is 0 Å². The molecule has 3 heterocycles. The molecule has 0 spiro atoms. The van der Waals surface area contributed by atoms with E-state index in [1.54, 1.807) is 52.3 Å². The molecule has 0 saturated carbocycles. The van der Waals surface area contributed by atoms with Gasteiger partial charge in [0.25, 0.3) is 0 Å². The van der Waals surface area contributed by atoms with Crippen molar-refractivity contribution >= 4 is 78.0 Å². The van der Waals surface area contributed by atoms with Gasteiger partial charge in [-0.25, -0.2) is 19.9 Å². The Kier molecular flexibility index (Phi) is 10.4. The minimum Gasteiger partial charge on any atom is -0.342 e. The van der Waals surface area contributed by atoms with Crippen molar-refractivity contribution in [1.82, 2.24) is 19.9 Å². The van der Waals surface area contributed by atoms with E-state index in [0.717, 1.165) is 31.6 Å². The molecule has 12 heteroatoms. The predicted octanol–water partition coefficient (Wildman–Crippen LogP) is 7.48. The Balaban J connectivity index is 1.12. The summed E-state index contributed by atoms with van der Waals surface area (Å²) in [5.74, 6) is -1.21. The lowest BCUT2D eigenvalue weighted by atomic mass is 9.92. The number of ketones is 1. The number of nitrogens with zero attached hydrogens (tertiary/aromatic N) is 6. The lowest BCUT2D eigenvalue weighted by molar-refractivity contribution is -0.122. The van der Waals surface area contributed by atoms with Crippen molar-refractivity contribution in [3.63, 3.8) is 0 Å². The Morgan fingerprint density at radius 1 is 0.673 bits per heavy atom. The number of rotatable bonds is 13. The Morgan fingerprint density at radius 3 is 1.83 bits per heavy atom. The molecule has 1 N–H and O–H groups in total. The normalized spacial score (nSPS) is 12.3. The Hall–Kier alpha value is -5.85. The number of Topliss-reactive ketones (excluding diaryl/α,β-unsaturated/α-hetero) is 1. The molecule has 7 aromatic rings. The number of amides is 2. The number of benzene rings is 4. The van der Waals surface area contributed by atoms with Crippen LogP contribution in [-0.4, -0.2) is 57.7 Å². The van der Waals surface area contributed by atoms with Crippen LogP contribution in [0, 0.1) is 5.92 Å². The molecule has 0 radical (unpaired) electrons. The van der Waals surface area contributed by atoms with Crippen molar-refractivity contribution in [2.75, 3.05) is 29.2 Å². The summed E-state index contributed by atoms with van der Waals surface area (Å²) in [5, 5.41) is 3.21. The summed E-state index contributed by atoms with van der Waals surface area (Å²) < 4.78 is 2.07. The minimum absolute atomic E-state index is 0.0678. The number of nitrogens with one attached hydrogen (secondary N) is 1. The molecular weight excluding hydrogens is 691 g/mol. The van der Waals surface area contributed by atoms with E-state index in [-0.39, 0.29) is 35.7 Å². The molecule has 52 heavy (non-hydrogen) atoms. The van der Waals surface area contributed by atoms with E-state index >= 15 is 0 Å². The van der Waals surface area contributed by atoms with Gasteiger partial charge in [-0.05, 0) is 60.0 Å². The summed E-state index contributed by atoms with van der Waals surface area (Å²) in [4.78, 5) is 63.0. The highest BCUT2D eigenvalue weighted by Crippen LogP contribution is 2.27. The van der Waals surface area contributed by atoms with E-state index in [1.807, 2.05) is 97.1 Å². The third-order valence-corrected chi connectivity index (χ3v) is 10.6. The lowest BCUT2D eigenvalue weighted by Gasteiger charge is -2.25. The second-order valence-corrected chi connectivity index (χ2v) is 14.2. The Morgan fingerprint density at radius 2 is 1.23 bits per heavy atom. The van der Waals surface area contributed by atoms with Crippen LogP contribution in [0.4, 0.5) is 17.3 Å². The van der Waals surface area contributed by atoms with Crippen molar-refractivity contribution in [1.29, 1.82) is 0 Å². The Bertz CT molecular complexity index is 2350. The summed E-state index contributed by atoms with van der Waals surface area (Å²) in [7, 11) is 3.45. The highest BCUT2D eigenvalue weighted by Gasteiger charge is 2.29. The van der Waals surface area contributed by atoms with Gasteiger partial charge in [-0.15, -0.1) is 22.7 Å². The first kappa shape index (κ1) is 34.6. The van der Waals surface area contributed by atoms with Crippen LogP contribution < -0.4 is 15.1 Å². The van der Waals surface area contributed by atoms with Crippen LogP contribution in [0.25, 0.3) is 20.4 Å². The van der Waals surface area contributed by atoms with Crippen LogP contribution in [0.2, 0.25) is 0 Å². The molecule has 0 unspecified atom stereocenters. The van der Waals surface area contributed by atoms with Gasteiger partial charge in [0.2, 0.25) is 17.8 Å². The molecule has 4 aromatic carbocycles. The van der Waals surface area contributed by atoms with Crippen LogP contribution in [0.1, 0.15) is 28.0 Å². The van der Waals surface area contributed by atoms with Gasteiger partial charge in [0.1, 0.15) is 11.7 Å². The monoisotopic (exact) mass is 725 g/mol. The quantitative estimate of drug-likeness (QED) is 0.122. The van der Waals surface area contributed by atoms with Crippen LogP contribution in [0.5, 0.6) is 0 Å². The van der Waals surface area contributed by atoms with E-state index in [9.17, 15) is 14.4 Å². The molecule has 0 fully saturated rings. The summed E-state index contributed by atoms with van der Waals surface area (Å²) in [6.45, 7) is 0. The zero-order valence-corrected chi connectivity index (χ0v) is 30.2. The van der Waals surface area contributed by atoms with Gasteiger partial charge in [0, 0.05) is 50.4 Å². The van der Waals surface area contributed by atoms with Gasteiger partial charge in [-0.2, -0.15) is 0 Å². The SMILES string of the molecule is CN(C(=O)[C@@H](CC(=O)c1ccnc(N[C@@H](Cc2ccccc2)C(=O)N(C)c2ccc3scnc3c2)n1)Cc1ccccc1)c1ccc2scnc2c1. The molecule has 0 saturated heterocycles. The maximum Gasteiger partial charge on any atom is 0.249 e. The van der Waals surface area contributed by atoms with Crippen molar-refractivity contribution in [3.05, 3.63) is 137 Å². The highest BCUT2D eigenvalue weighted by atomic mass is 32.1. The number of aromatic nitrogens is 4. The van der Waals surface area contributed by atoms with Crippen molar-refractivity contribution in [2.24, 2.45) is 5.92 Å². The maximum atomic E-state index is 14.1. The third-order valence-electron chi connectivity index (χ3n) is 9.00. The van der Waals surface area contributed by atoms with Gasteiger partial charge in [0.05, 0.1) is 31.5 Å². The second-order valence-electron chi connectivity index (χ2n) is 12.5. The predicted molar refractivity (Wildman–Crippen MR) is 208 cm³/mol. The van der Waals surface area contributed by atoms with E-state index < -0.39 is 12.0 Å². The number of hydrogen-bond donors (Lipinski definition) is 1. The number of thiazole rings is 2. The fourth-order valence-electron chi connectivity index (χ4n) is 6.13. The number of fused-ring (bicyclic) bond motifs is 2. The first-order chi connectivity index (χ1) is 25.3. The van der Waals surface area contributed by atoms with Crippen LogP contribution >= 0.6 is 22.7 Å². The average Bonchev–Trinajstić information content (AvgIpc) is 3.86. The summed E-state index contributed by atoms with van der Waals surface area (Å²) in [5.41, 5.74) is 8.65. The first-order valence-corrected chi connectivity index (χ1v) is 18.5. The molecule has 7 rings (SSSR count). The molecule has 0 aliphatic heterocycles. The van der Waals surface area contributed by atoms with Crippen LogP contribution in [-0.2, 0) is 22.4 Å². The number of anilines is 3. The minimum atomic E-state index is -0.750. The molecule has 0 aliphatic carbocycles. The smallest absolute Gasteiger partial charge is 0.249 e. The molecule has 2 amide bonds. The zero-order chi connectivity index (χ0) is 36.0. The lowest BCUT2D eigenvalue weighted by Crippen LogP contribution is -2.42. The number of carbonyl (C=O) groups excluding carboxylic acids is 3. The van der Waals surface area contributed by atoms with Gasteiger partial charge < -0.3 is 15.1 Å². The van der Waals surface area contributed by atoms with E-state index in [1.165, 1.54) is 17.5 Å². The topological polar surface area (TPSA) is 121 Å².